The minimum Gasteiger partial charge on any atom is -0.497 e. The maximum atomic E-state index is 13.0. The van der Waals surface area contributed by atoms with E-state index in [-0.39, 0.29) is 18.0 Å². The number of aryl methyl sites for hydroxylation is 2. The lowest BCUT2D eigenvalue weighted by Gasteiger charge is -2.20. The van der Waals surface area contributed by atoms with Crippen molar-refractivity contribution in [3.8, 4) is 5.75 Å². The van der Waals surface area contributed by atoms with E-state index in [1.807, 2.05) is 48.1 Å². The standard InChI is InChI=1S/C23H23N5O3/c1-15-25-19-7-5-4-6-18(19)23(30)28(15)14-20(29)26-21(22-24-12-13-27(22)2)16-8-10-17(31-3)11-9-16/h4-13,21H,14H2,1-3H3,(H,26,29)/t21-/m1/s1. The molecule has 8 nitrogen and oxygen atoms in total. The zero-order valence-corrected chi connectivity index (χ0v) is 17.6. The van der Waals surface area contributed by atoms with E-state index >= 15 is 0 Å². The first-order valence-electron chi connectivity index (χ1n) is 9.84. The number of hydrogen-bond acceptors (Lipinski definition) is 5. The molecule has 2 aromatic heterocycles. The van der Waals surface area contributed by atoms with Crippen LogP contribution in [-0.4, -0.2) is 32.1 Å². The van der Waals surface area contributed by atoms with Crippen molar-refractivity contribution in [2.45, 2.75) is 19.5 Å². The van der Waals surface area contributed by atoms with Crippen LogP contribution in [-0.2, 0) is 18.4 Å². The summed E-state index contributed by atoms with van der Waals surface area (Å²) in [4.78, 5) is 34.8. The van der Waals surface area contributed by atoms with Crippen LogP contribution in [0.5, 0.6) is 5.75 Å². The van der Waals surface area contributed by atoms with E-state index in [0.29, 0.717) is 22.6 Å². The van der Waals surface area contributed by atoms with Crippen LogP contribution in [0, 0.1) is 6.92 Å². The molecule has 1 amide bonds. The summed E-state index contributed by atoms with van der Waals surface area (Å²) >= 11 is 0. The van der Waals surface area contributed by atoms with Gasteiger partial charge in [-0.1, -0.05) is 24.3 Å². The van der Waals surface area contributed by atoms with Gasteiger partial charge in [0.1, 0.15) is 30.0 Å². The molecular weight excluding hydrogens is 394 g/mol. The van der Waals surface area contributed by atoms with E-state index in [2.05, 4.69) is 15.3 Å². The molecular formula is C23H23N5O3. The predicted octanol–water partition coefficient (Wildman–Crippen LogP) is 2.35. The molecule has 0 saturated heterocycles. The number of methoxy groups -OCH3 is 1. The van der Waals surface area contributed by atoms with Crippen molar-refractivity contribution in [1.29, 1.82) is 0 Å². The van der Waals surface area contributed by atoms with E-state index in [4.69, 9.17) is 4.74 Å². The number of hydrogen-bond donors (Lipinski definition) is 1. The van der Waals surface area contributed by atoms with Gasteiger partial charge in [0.15, 0.2) is 0 Å². The number of para-hydroxylation sites is 1. The smallest absolute Gasteiger partial charge is 0.261 e. The lowest BCUT2D eigenvalue weighted by molar-refractivity contribution is -0.122. The number of imidazole rings is 1. The second-order valence-electron chi connectivity index (χ2n) is 7.24. The quantitative estimate of drug-likeness (QED) is 0.520. The van der Waals surface area contributed by atoms with Crippen molar-refractivity contribution >= 4 is 16.8 Å². The van der Waals surface area contributed by atoms with Gasteiger partial charge < -0.3 is 14.6 Å². The third-order valence-electron chi connectivity index (χ3n) is 5.23. The highest BCUT2D eigenvalue weighted by molar-refractivity contribution is 5.79. The minimum absolute atomic E-state index is 0.139. The fourth-order valence-corrected chi connectivity index (χ4v) is 3.56. The molecule has 0 radical (unpaired) electrons. The van der Waals surface area contributed by atoms with E-state index < -0.39 is 6.04 Å². The number of fused-ring (bicyclic) bond motifs is 1. The fourth-order valence-electron chi connectivity index (χ4n) is 3.56. The van der Waals surface area contributed by atoms with Crippen molar-refractivity contribution in [3.63, 3.8) is 0 Å². The molecule has 2 aromatic carbocycles. The Labute approximate surface area is 179 Å². The number of aromatic nitrogens is 4. The SMILES string of the molecule is COc1ccc([C@@H](NC(=O)Cn2c(C)nc3ccccc3c2=O)c2nccn2C)cc1. The maximum absolute atomic E-state index is 13.0. The summed E-state index contributed by atoms with van der Waals surface area (Å²) < 4.78 is 8.47. The molecule has 8 heteroatoms. The number of benzene rings is 2. The number of nitrogens with zero attached hydrogens (tertiary/aromatic N) is 4. The lowest BCUT2D eigenvalue weighted by atomic mass is 10.1. The first-order chi connectivity index (χ1) is 15.0. The van der Waals surface area contributed by atoms with Gasteiger partial charge in [0.05, 0.1) is 18.0 Å². The highest BCUT2D eigenvalue weighted by Crippen LogP contribution is 2.23. The largest absolute Gasteiger partial charge is 0.497 e. The summed E-state index contributed by atoms with van der Waals surface area (Å²) in [7, 11) is 3.47. The van der Waals surface area contributed by atoms with Gasteiger partial charge in [-0.15, -0.1) is 0 Å². The van der Waals surface area contributed by atoms with E-state index in [1.54, 1.807) is 38.4 Å². The van der Waals surface area contributed by atoms with Crippen molar-refractivity contribution in [3.05, 3.63) is 88.5 Å². The van der Waals surface area contributed by atoms with Gasteiger partial charge in [0.25, 0.3) is 5.56 Å². The summed E-state index contributed by atoms with van der Waals surface area (Å²) in [6.07, 6.45) is 3.50. The summed E-state index contributed by atoms with van der Waals surface area (Å²) in [5.74, 6) is 1.57. The molecule has 0 aliphatic heterocycles. The topological polar surface area (TPSA) is 91.0 Å². The van der Waals surface area contributed by atoms with Crippen molar-refractivity contribution in [2.24, 2.45) is 7.05 Å². The third kappa shape index (κ3) is 4.05. The summed E-state index contributed by atoms with van der Waals surface area (Å²) in [6.45, 7) is 1.58. The van der Waals surface area contributed by atoms with Gasteiger partial charge in [0, 0.05) is 19.4 Å². The second-order valence-corrected chi connectivity index (χ2v) is 7.24. The van der Waals surface area contributed by atoms with Crippen LogP contribution in [0.25, 0.3) is 10.9 Å². The predicted molar refractivity (Wildman–Crippen MR) is 117 cm³/mol. The van der Waals surface area contributed by atoms with E-state index in [9.17, 15) is 9.59 Å². The molecule has 31 heavy (non-hydrogen) atoms. The molecule has 1 N–H and O–H groups in total. The van der Waals surface area contributed by atoms with Gasteiger partial charge >= 0.3 is 0 Å². The van der Waals surface area contributed by atoms with Crippen LogP contribution < -0.4 is 15.6 Å². The molecule has 4 rings (SSSR count). The van der Waals surface area contributed by atoms with Gasteiger partial charge in [-0.3, -0.25) is 14.2 Å². The first-order valence-corrected chi connectivity index (χ1v) is 9.84. The zero-order chi connectivity index (χ0) is 22.0. The van der Waals surface area contributed by atoms with Crippen LogP contribution in [0.3, 0.4) is 0 Å². The first kappa shape index (κ1) is 20.3. The van der Waals surface area contributed by atoms with Gasteiger partial charge in [-0.05, 0) is 36.8 Å². The molecule has 158 valence electrons. The Kier molecular flexibility index (Phi) is 5.53. The lowest BCUT2D eigenvalue weighted by Crippen LogP contribution is -2.37. The number of rotatable bonds is 6. The van der Waals surface area contributed by atoms with Crippen LogP contribution in [0.1, 0.15) is 23.3 Å². The monoisotopic (exact) mass is 417 g/mol. The van der Waals surface area contributed by atoms with Crippen LogP contribution in [0.2, 0.25) is 0 Å². The number of carbonyl (C=O) groups is 1. The van der Waals surface area contributed by atoms with Gasteiger partial charge in [-0.2, -0.15) is 0 Å². The van der Waals surface area contributed by atoms with E-state index in [1.165, 1.54) is 4.57 Å². The summed E-state index contributed by atoms with van der Waals surface area (Å²) in [5, 5.41) is 3.50. The summed E-state index contributed by atoms with van der Waals surface area (Å²) in [5.41, 5.74) is 1.23. The van der Waals surface area contributed by atoms with E-state index in [0.717, 1.165) is 11.3 Å². The molecule has 2 heterocycles. The number of carbonyl (C=O) groups excluding carboxylic acids is 1. The molecule has 1 atom stereocenters. The summed E-state index contributed by atoms with van der Waals surface area (Å²) in [6, 6.07) is 14.1. The number of ether oxygens (including phenoxy) is 1. The Hall–Kier alpha value is -3.94. The average molecular weight is 417 g/mol. The van der Waals surface area contributed by atoms with Crippen molar-refractivity contribution in [1.82, 2.24) is 24.4 Å². The Morgan fingerprint density at radius 2 is 1.90 bits per heavy atom. The van der Waals surface area contributed by atoms with Crippen LogP contribution in [0.15, 0.2) is 65.7 Å². The van der Waals surface area contributed by atoms with Gasteiger partial charge in [0.2, 0.25) is 5.91 Å². The van der Waals surface area contributed by atoms with Crippen molar-refractivity contribution < 1.29 is 9.53 Å². The molecule has 0 spiro atoms. The van der Waals surface area contributed by atoms with Gasteiger partial charge in [-0.25, -0.2) is 9.97 Å². The fraction of sp³-hybridized carbons (Fsp3) is 0.217. The molecule has 0 fully saturated rings. The Morgan fingerprint density at radius 3 is 2.58 bits per heavy atom. The minimum atomic E-state index is -0.483. The molecule has 0 aliphatic rings. The normalized spacial score (nSPS) is 12.0. The Morgan fingerprint density at radius 1 is 1.16 bits per heavy atom. The van der Waals surface area contributed by atoms with Crippen LogP contribution >= 0.6 is 0 Å². The Bertz CT molecular complexity index is 1290. The van der Waals surface area contributed by atoms with Crippen molar-refractivity contribution in [2.75, 3.05) is 7.11 Å². The second kappa shape index (κ2) is 8.43. The molecule has 0 saturated carbocycles. The molecule has 4 aromatic rings. The maximum Gasteiger partial charge on any atom is 0.261 e. The number of amides is 1. The Balaban J connectivity index is 1.65. The molecule has 0 aliphatic carbocycles. The molecule has 0 bridgehead atoms. The molecule has 0 unspecified atom stereocenters. The zero-order valence-electron chi connectivity index (χ0n) is 17.6. The average Bonchev–Trinajstić information content (AvgIpc) is 3.20. The highest BCUT2D eigenvalue weighted by atomic mass is 16.5. The third-order valence-corrected chi connectivity index (χ3v) is 5.23. The highest BCUT2D eigenvalue weighted by Gasteiger charge is 2.22. The number of nitrogens with one attached hydrogen (secondary N) is 1. The van der Waals surface area contributed by atoms with Crippen LogP contribution in [0.4, 0.5) is 0 Å².